The molecule has 0 bridgehead atoms. The number of rotatable bonds is 8. The van der Waals surface area contributed by atoms with Gasteiger partial charge in [0, 0.05) is 12.5 Å². The molecule has 0 spiro atoms. The summed E-state index contributed by atoms with van der Waals surface area (Å²) in [7, 11) is 3.19. The monoisotopic (exact) mass is 429 g/mol. The summed E-state index contributed by atoms with van der Waals surface area (Å²) in [5.74, 6) is -1.94. The Kier molecular flexibility index (Phi) is 8.86. The smallest absolute Gasteiger partial charge is 0.477 e. The Labute approximate surface area is 171 Å². The predicted octanol–water partition coefficient (Wildman–Crippen LogP) is 2.08. The highest BCUT2D eigenvalue weighted by Gasteiger charge is 2.44. The molecule has 2 N–H and O–H groups in total. The summed E-state index contributed by atoms with van der Waals surface area (Å²) in [5.41, 5.74) is -1.96. The largest absolute Gasteiger partial charge is 0.513 e. The number of ether oxygens (including phenoxy) is 6. The lowest BCUT2D eigenvalue weighted by Crippen LogP contribution is -2.59. The molecular weight excluding hydrogens is 406 g/mol. The second-order valence-electron chi connectivity index (χ2n) is 6.06. The number of carboxylic acids is 1. The number of carbonyl (C=O) groups is 4. The first-order valence-electron chi connectivity index (χ1n) is 8.49. The van der Waals surface area contributed by atoms with Crippen LogP contribution >= 0.6 is 0 Å². The molecule has 0 unspecified atom stereocenters. The molecule has 1 aromatic carbocycles. The third-order valence-electron chi connectivity index (χ3n) is 3.47. The zero-order chi connectivity index (χ0) is 22.9. The van der Waals surface area contributed by atoms with Crippen LogP contribution in [0, 0.1) is 0 Å². The molecule has 0 heterocycles. The highest BCUT2D eigenvalue weighted by Crippen LogP contribution is 2.31. The molecule has 1 atom stereocenters. The molecule has 0 aromatic heterocycles. The molecule has 12 heteroatoms. The topological polar surface area (TPSA) is 156 Å². The van der Waals surface area contributed by atoms with Gasteiger partial charge in [-0.05, 0) is 31.5 Å². The number of hydrogen-bond acceptors (Lipinski definition) is 11. The van der Waals surface area contributed by atoms with Gasteiger partial charge in [0.25, 0.3) is 5.72 Å². The first kappa shape index (κ1) is 24.5. The fourth-order valence-corrected chi connectivity index (χ4v) is 2.32. The highest BCUT2D eigenvalue weighted by molar-refractivity contribution is 5.80. The molecule has 1 rings (SSSR count). The minimum absolute atomic E-state index is 0.192. The number of hydrogen-bond donors (Lipinski definition) is 2. The van der Waals surface area contributed by atoms with Crippen LogP contribution in [0.1, 0.15) is 19.4 Å². The second kappa shape index (κ2) is 10.9. The van der Waals surface area contributed by atoms with Crippen molar-refractivity contribution in [1.82, 2.24) is 5.32 Å². The molecule has 0 saturated heterocycles. The van der Waals surface area contributed by atoms with Gasteiger partial charge in [0.2, 0.25) is 0 Å². The summed E-state index contributed by atoms with van der Waals surface area (Å²) in [6, 6.07) is 3.43. The third-order valence-corrected chi connectivity index (χ3v) is 3.47. The average Bonchev–Trinajstić information content (AvgIpc) is 2.68. The maximum Gasteiger partial charge on any atom is 0.513 e. The van der Waals surface area contributed by atoms with Crippen LogP contribution in [-0.2, 0) is 30.2 Å². The van der Waals surface area contributed by atoms with Crippen molar-refractivity contribution < 1.29 is 52.7 Å². The Hall–Kier alpha value is -3.54. The summed E-state index contributed by atoms with van der Waals surface area (Å²) in [6.45, 7) is 3.30. The van der Waals surface area contributed by atoms with Gasteiger partial charge >= 0.3 is 24.4 Å². The quantitative estimate of drug-likeness (QED) is 0.269. The maximum absolute atomic E-state index is 12.0. The van der Waals surface area contributed by atoms with E-state index in [0.29, 0.717) is 0 Å². The van der Waals surface area contributed by atoms with E-state index in [0.717, 1.165) is 21.3 Å². The van der Waals surface area contributed by atoms with E-state index in [1.54, 1.807) is 13.8 Å². The molecule has 0 aliphatic heterocycles. The van der Waals surface area contributed by atoms with E-state index in [2.05, 4.69) is 19.5 Å². The molecule has 0 aliphatic rings. The Bertz CT molecular complexity index is 792. The molecule has 0 amide bonds. The van der Waals surface area contributed by atoms with Crippen LogP contribution in [0.5, 0.6) is 11.5 Å². The lowest BCUT2D eigenvalue weighted by Gasteiger charge is -2.31. The number of methoxy groups -OCH3 is 3. The third kappa shape index (κ3) is 6.81. The first-order chi connectivity index (χ1) is 14.1. The molecule has 0 aliphatic carbocycles. The van der Waals surface area contributed by atoms with Crippen LogP contribution in [-0.4, -0.2) is 62.6 Å². The van der Waals surface area contributed by atoms with E-state index in [1.165, 1.54) is 18.2 Å². The van der Waals surface area contributed by atoms with Crippen molar-refractivity contribution in [3.8, 4) is 11.5 Å². The number of nitrogens with one attached hydrogen (secondary N) is 1. The summed E-state index contributed by atoms with van der Waals surface area (Å²) in [5, 5.41) is 12.4. The van der Waals surface area contributed by atoms with Crippen LogP contribution < -0.4 is 14.8 Å². The van der Waals surface area contributed by atoms with Crippen molar-refractivity contribution >= 4 is 24.4 Å². The summed E-state index contributed by atoms with van der Waals surface area (Å²) in [6.07, 6.45) is -3.81. The molecule has 0 saturated carbocycles. The fraction of sp³-hybridized carbons (Fsp3) is 0.444. The van der Waals surface area contributed by atoms with Gasteiger partial charge < -0.3 is 33.5 Å². The number of carboxylic acid groups (broad SMARTS) is 1. The van der Waals surface area contributed by atoms with Crippen molar-refractivity contribution in [1.29, 1.82) is 0 Å². The van der Waals surface area contributed by atoms with Crippen LogP contribution in [0.4, 0.5) is 14.4 Å². The van der Waals surface area contributed by atoms with E-state index < -0.39 is 42.6 Å². The Balaban J connectivity index is 3.38. The van der Waals surface area contributed by atoms with Gasteiger partial charge in [-0.15, -0.1) is 0 Å². The first-order valence-corrected chi connectivity index (χ1v) is 8.49. The lowest BCUT2D eigenvalue weighted by molar-refractivity contribution is -0.166. The van der Waals surface area contributed by atoms with Crippen molar-refractivity contribution in [3.63, 3.8) is 0 Å². The van der Waals surface area contributed by atoms with E-state index in [-0.39, 0.29) is 17.1 Å². The van der Waals surface area contributed by atoms with Crippen molar-refractivity contribution in [2.24, 2.45) is 0 Å². The van der Waals surface area contributed by atoms with E-state index in [1.807, 2.05) is 0 Å². The SMILES string of the molecule is COC(=O)Oc1ccc(C[C@](NC(C)C)(OC(=O)OC)C(=O)O)cc1OC(=O)OC. The number of carbonyl (C=O) groups excluding carboxylic acids is 3. The Morgan fingerprint density at radius 3 is 1.93 bits per heavy atom. The summed E-state index contributed by atoms with van der Waals surface area (Å²) < 4.78 is 28.1. The van der Waals surface area contributed by atoms with Crippen LogP contribution in [0.15, 0.2) is 18.2 Å². The predicted molar refractivity (Wildman–Crippen MR) is 98.3 cm³/mol. The molecule has 12 nitrogen and oxygen atoms in total. The molecule has 0 radical (unpaired) electrons. The lowest BCUT2D eigenvalue weighted by atomic mass is 10.0. The highest BCUT2D eigenvalue weighted by atomic mass is 16.7. The van der Waals surface area contributed by atoms with Crippen molar-refractivity contribution in [2.45, 2.75) is 32.0 Å². The van der Waals surface area contributed by atoms with Gasteiger partial charge in [0.1, 0.15) is 0 Å². The average molecular weight is 429 g/mol. The van der Waals surface area contributed by atoms with Gasteiger partial charge in [-0.2, -0.15) is 0 Å². The molecule has 166 valence electrons. The zero-order valence-electron chi connectivity index (χ0n) is 17.0. The zero-order valence-corrected chi connectivity index (χ0v) is 17.0. The number of aliphatic carboxylic acids is 1. The number of benzene rings is 1. The molecule has 1 aromatic rings. The molecular formula is C18H23NO11. The van der Waals surface area contributed by atoms with Gasteiger partial charge in [-0.1, -0.05) is 6.07 Å². The fourth-order valence-electron chi connectivity index (χ4n) is 2.32. The normalized spacial score (nSPS) is 12.3. The minimum atomic E-state index is -2.20. The van der Waals surface area contributed by atoms with Crippen molar-refractivity contribution in [3.05, 3.63) is 23.8 Å². The van der Waals surface area contributed by atoms with Crippen molar-refractivity contribution in [2.75, 3.05) is 21.3 Å². The van der Waals surface area contributed by atoms with Crippen LogP contribution in [0.25, 0.3) is 0 Å². The van der Waals surface area contributed by atoms with E-state index >= 15 is 0 Å². The standard InChI is InChI=1S/C18H23NO11/c1-10(2)19-18(14(20)21,30-17(24)27-5)9-11-6-7-12(28-15(22)25-3)13(8-11)29-16(23)26-4/h6-8,10,19H,9H2,1-5H3,(H,20,21)/t18-/m0/s1. The van der Waals surface area contributed by atoms with Gasteiger partial charge in [-0.25, -0.2) is 19.2 Å². The minimum Gasteiger partial charge on any atom is -0.477 e. The van der Waals surface area contributed by atoms with Gasteiger partial charge in [-0.3, -0.25) is 5.32 Å². The second-order valence-corrected chi connectivity index (χ2v) is 6.06. The Morgan fingerprint density at radius 1 is 0.933 bits per heavy atom. The van der Waals surface area contributed by atoms with Gasteiger partial charge in [0.15, 0.2) is 11.5 Å². The van der Waals surface area contributed by atoms with Crippen LogP contribution in [0.2, 0.25) is 0 Å². The van der Waals surface area contributed by atoms with Crippen LogP contribution in [0.3, 0.4) is 0 Å². The summed E-state index contributed by atoms with van der Waals surface area (Å²) >= 11 is 0. The molecule has 30 heavy (non-hydrogen) atoms. The molecule has 0 fully saturated rings. The van der Waals surface area contributed by atoms with Gasteiger partial charge in [0.05, 0.1) is 21.3 Å². The van der Waals surface area contributed by atoms with E-state index in [9.17, 15) is 24.3 Å². The summed E-state index contributed by atoms with van der Waals surface area (Å²) in [4.78, 5) is 46.6. The maximum atomic E-state index is 12.0. The Morgan fingerprint density at radius 2 is 1.47 bits per heavy atom. The van der Waals surface area contributed by atoms with E-state index in [4.69, 9.17) is 14.2 Å².